The van der Waals surface area contributed by atoms with Crippen LogP contribution < -0.4 is 61.8 Å². The molecule has 0 atom stereocenters. The molecule has 0 aliphatic carbocycles. The zero-order chi connectivity index (χ0) is 71.5. The number of nitrogens with one attached hydrogen (secondary N) is 1. The summed E-state index contributed by atoms with van der Waals surface area (Å²) in [6.45, 7) is 23.8. The molecule has 31 heteroatoms. The van der Waals surface area contributed by atoms with Crippen LogP contribution in [0.3, 0.4) is 0 Å². The van der Waals surface area contributed by atoms with Gasteiger partial charge in [0.15, 0.2) is 0 Å². The van der Waals surface area contributed by atoms with Crippen LogP contribution in [0.2, 0.25) is 0 Å². The van der Waals surface area contributed by atoms with Crippen molar-refractivity contribution >= 4 is 56.5 Å². The molecule has 0 bridgehead atoms. The Hall–Kier alpha value is -7.36. The van der Waals surface area contributed by atoms with Crippen molar-refractivity contribution in [2.75, 3.05) is 85.1 Å². The van der Waals surface area contributed by atoms with Crippen LogP contribution in [0.4, 0.5) is 13.2 Å². The predicted molar refractivity (Wildman–Crippen MR) is 366 cm³/mol. The first kappa shape index (κ1) is 75.3. The number of ether oxygens (including phenoxy) is 1. The Labute approximate surface area is 637 Å². The number of piperidine rings is 6. The van der Waals surface area contributed by atoms with E-state index >= 15 is 0 Å². The Morgan fingerprint density at radius 2 is 0.786 bits per heavy atom. The quantitative estimate of drug-likeness (QED) is 0.0834. The number of aromatic nitrogens is 12. The maximum atomic E-state index is 14.7. The number of carboxylic acid groups (broad SMARTS) is 1. The number of amides is 2. The number of hydrogen-bond donors (Lipinski definition) is 1. The molecule has 6 aliphatic rings. The fraction of sp³-hybridized carbons (Fsp3) is 0.569. The number of aliphatic carboxylic acids is 1. The second-order valence-corrected chi connectivity index (χ2v) is 28.5. The first-order chi connectivity index (χ1) is 49.3. The molecule has 6 aliphatic heterocycles. The smallest absolute Gasteiger partial charge is 0.540 e. The Bertz CT molecular complexity index is 4410. The molecule has 0 saturated carbocycles. The van der Waals surface area contributed by atoms with Crippen LogP contribution in [0, 0.1) is 17.5 Å². The summed E-state index contributed by atoms with van der Waals surface area (Å²) < 4.78 is 70.1. The maximum absolute atomic E-state index is 14.7. The standard InChI is InChI=1S/C26H33FN6O4.C24H29FN6O4.C22H29FN6O.K/c1-4-36-25(35)24(34)32-14-10-18(11-15-32)31-12-8-17(9-13-31)23-28-26(30-37-23)33-22-19(6-5-7-20(22)27)21(29-33)16(2)3;1-14(2)19-17-4-3-5-18(25)20(17)31(27-19)24-26-21(35-28-24)15-6-10-29(11-7-15)16-8-12-30(13-9-16)22(32)23(33)34;1-14(2)19-17-4-3-5-18(23)20(17)29(26-19)22-25-21(30-27-22)15-8-12-28(13-9-15)16-6-10-24-11-7-16;/h5-7,16-18H,4,8-15H2,1-3H3;3-5,14-16H,6-13H2,1-2H3,(H,33,34);3-5,14-16,24H,6-13H2,1-2H3;/q;;;+1/p-1. The van der Waals surface area contributed by atoms with Gasteiger partial charge in [0.05, 0.1) is 23.7 Å². The number of benzene rings is 3. The van der Waals surface area contributed by atoms with Gasteiger partial charge in [0.25, 0.3) is 23.8 Å². The third-order valence-electron chi connectivity index (χ3n) is 21.2. The summed E-state index contributed by atoms with van der Waals surface area (Å²) >= 11 is 0. The molecular formula is C72H90F3KN18O9. The zero-order valence-electron chi connectivity index (χ0n) is 60.0. The fourth-order valence-corrected chi connectivity index (χ4v) is 15.6. The van der Waals surface area contributed by atoms with Gasteiger partial charge in [-0.15, -0.1) is 0 Å². The van der Waals surface area contributed by atoms with Crippen LogP contribution in [0.5, 0.6) is 0 Å². The Balaban J connectivity index is 0.000000146. The van der Waals surface area contributed by atoms with Crippen molar-refractivity contribution in [3.8, 4) is 17.8 Å². The molecular weight excluding hydrogens is 1360 g/mol. The summed E-state index contributed by atoms with van der Waals surface area (Å²) in [5.41, 5.74) is 3.54. The second-order valence-electron chi connectivity index (χ2n) is 28.5. The number of hydrogen-bond acceptors (Lipinski definition) is 22. The molecule has 2 amide bonds. The summed E-state index contributed by atoms with van der Waals surface area (Å²) in [4.78, 5) is 70.6. The van der Waals surface area contributed by atoms with E-state index < -0.39 is 23.8 Å². The molecule has 6 fully saturated rings. The SMILES string of the molecule is CC(C)c1nn(-c2noc(C3CCN(C4CCN(C(=O)C(=O)[O-])CC4)CC3)n2)c2c(F)cccc12.CC(C)c1nn(-c2noc(C3CCN(C4CCNCC4)CC3)n2)c2c(F)cccc12.CCOC(=O)C(=O)N1CCC(N2CCC(c3nc(-n4nc(C(C)C)c5cccc(F)c54)no3)CC2)CC1.[K+]. The molecule has 544 valence electrons. The van der Waals surface area contributed by atoms with Crippen LogP contribution in [-0.4, -0.2) is 211 Å². The van der Waals surface area contributed by atoms with Crippen molar-refractivity contribution in [3.05, 3.63) is 107 Å². The maximum Gasteiger partial charge on any atom is 1.00 e. The van der Waals surface area contributed by atoms with E-state index in [1.807, 2.05) is 45.9 Å². The van der Waals surface area contributed by atoms with E-state index in [0.717, 1.165) is 150 Å². The molecule has 103 heavy (non-hydrogen) atoms. The van der Waals surface area contributed by atoms with Crippen LogP contribution in [0.15, 0.2) is 68.2 Å². The Morgan fingerprint density at radius 1 is 0.476 bits per heavy atom. The molecule has 0 radical (unpaired) electrons. The van der Waals surface area contributed by atoms with Crippen molar-refractivity contribution in [1.82, 2.24) is 89.6 Å². The van der Waals surface area contributed by atoms with E-state index in [1.165, 1.54) is 50.0 Å². The molecule has 0 unspecified atom stereocenters. The normalized spacial score (nSPS) is 18.6. The number of esters is 1. The molecule has 12 heterocycles. The van der Waals surface area contributed by atoms with Crippen LogP contribution >= 0.6 is 0 Å². The van der Waals surface area contributed by atoms with Crippen molar-refractivity contribution < 1.29 is 107 Å². The number of rotatable bonds is 13. The Morgan fingerprint density at radius 3 is 1.09 bits per heavy atom. The third-order valence-corrected chi connectivity index (χ3v) is 21.2. The first-order valence-electron chi connectivity index (χ1n) is 36.2. The number of halogens is 3. The molecule has 6 aromatic heterocycles. The van der Waals surface area contributed by atoms with Crippen LogP contribution in [0.25, 0.3) is 50.6 Å². The number of carbonyl (C=O) groups is 4. The predicted octanol–water partition coefficient (Wildman–Crippen LogP) is 5.60. The molecule has 15 rings (SSSR count). The van der Waals surface area contributed by atoms with E-state index in [0.29, 0.717) is 84.5 Å². The fourth-order valence-electron chi connectivity index (χ4n) is 15.6. The van der Waals surface area contributed by atoms with Crippen LogP contribution in [-0.2, 0) is 23.9 Å². The van der Waals surface area contributed by atoms with Crippen molar-refractivity contribution in [1.29, 1.82) is 0 Å². The summed E-state index contributed by atoms with van der Waals surface area (Å²) in [6.07, 6.45) is 11.0. The van der Waals surface area contributed by atoms with Crippen LogP contribution in [0.1, 0.15) is 196 Å². The van der Waals surface area contributed by atoms with Crippen molar-refractivity contribution in [2.24, 2.45) is 0 Å². The number of para-hydroxylation sites is 3. The number of carbonyl (C=O) groups excluding carboxylic acids is 4. The van der Waals surface area contributed by atoms with E-state index in [4.69, 9.17) is 18.3 Å². The molecule has 6 saturated heterocycles. The third kappa shape index (κ3) is 16.4. The minimum Gasteiger partial charge on any atom is -0.540 e. The summed E-state index contributed by atoms with van der Waals surface area (Å²) in [5, 5.41) is 42.8. The molecule has 9 aromatic rings. The second kappa shape index (κ2) is 33.4. The first-order valence-corrected chi connectivity index (χ1v) is 36.2. The van der Waals surface area contributed by atoms with Gasteiger partial charge in [-0.1, -0.05) is 77.9 Å². The monoisotopic (exact) mass is 1450 g/mol. The Kier molecular flexibility index (Phi) is 24.4. The van der Waals surface area contributed by atoms with E-state index in [9.17, 15) is 37.5 Å². The topological polar surface area (TPSA) is 299 Å². The van der Waals surface area contributed by atoms with Gasteiger partial charge in [0.1, 0.15) is 40.0 Å². The minimum atomic E-state index is -1.64. The number of carboxylic acids is 1. The van der Waals surface area contributed by atoms with E-state index in [2.05, 4.69) is 79.6 Å². The largest absolute Gasteiger partial charge is 1.00 e. The van der Waals surface area contributed by atoms with Gasteiger partial charge < -0.3 is 58.0 Å². The molecule has 3 aromatic carbocycles. The van der Waals surface area contributed by atoms with E-state index in [-0.39, 0.29) is 123 Å². The number of fused-ring (bicyclic) bond motifs is 3. The van der Waals surface area contributed by atoms with Gasteiger partial charge in [-0.3, -0.25) is 9.59 Å². The van der Waals surface area contributed by atoms with Gasteiger partial charge in [0.2, 0.25) is 17.7 Å². The van der Waals surface area contributed by atoms with E-state index in [1.54, 1.807) is 30.0 Å². The van der Waals surface area contributed by atoms with Crippen molar-refractivity contribution in [3.63, 3.8) is 0 Å². The van der Waals surface area contributed by atoms with Gasteiger partial charge in [0, 0.05) is 78.2 Å². The molecule has 1 N–H and O–H groups in total. The number of nitrogens with zero attached hydrogens (tertiary/aromatic N) is 17. The van der Waals surface area contributed by atoms with Crippen molar-refractivity contribution in [2.45, 2.75) is 179 Å². The summed E-state index contributed by atoms with van der Waals surface area (Å²) in [7, 11) is 0. The average molecular weight is 1450 g/mol. The average Bonchev–Trinajstić information content (AvgIpc) is 1.63. The minimum absolute atomic E-state index is 0. The summed E-state index contributed by atoms with van der Waals surface area (Å²) in [6, 6.07) is 16.3. The molecule has 27 nitrogen and oxygen atoms in total. The van der Waals surface area contributed by atoms with Gasteiger partial charge in [-0.05, 0) is 188 Å². The van der Waals surface area contributed by atoms with Gasteiger partial charge in [-0.25, -0.2) is 18.0 Å². The van der Waals surface area contributed by atoms with Gasteiger partial charge in [-0.2, -0.15) is 44.3 Å². The molecule has 0 spiro atoms. The number of likely N-dealkylation sites (tertiary alicyclic amines) is 5. The van der Waals surface area contributed by atoms with Gasteiger partial charge >= 0.3 is 63.3 Å². The zero-order valence-corrected chi connectivity index (χ0v) is 63.1. The summed E-state index contributed by atoms with van der Waals surface area (Å²) in [5.74, 6) is -1.58.